The molecule has 0 aliphatic rings. The topological polar surface area (TPSA) is 56.5 Å². The minimum absolute atomic E-state index is 0. The van der Waals surface area contributed by atoms with Crippen LogP contribution in [-0.4, -0.2) is 5.97 Å². The predicted octanol–water partition coefficient (Wildman–Crippen LogP) is 3.07. The third-order valence-corrected chi connectivity index (χ3v) is 3.54. The van der Waals surface area contributed by atoms with Gasteiger partial charge in [-0.3, -0.25) is 27.4 Å². The fourth-order valence-electron chi connectivity index (χ4n) is 1.42. The summed E-state index contributed by atoms with van der Waals surface area (Å²) in [4.78, 5) is 22.6. The Morgan fingerprint density at radius 1 is 1.37 bits per heavy atom. The van der Waals surface area contributed by atoms with Gasteiger partial charge in [0, 0.05) is 30.9 Å². The van der Waals surface area contributed by atoms with Crippen LogP contribution >= 0.6 is 22.6 Å². The largest absolute Gasteiger partial charge is 0.451 e. The molecule has 1 radical (unpaired) electrons. The Morgan fingerprint density at radius 2 is 2.11 bits per heavy atom. The minimum Gasteiger partial charge on any atom is -0.451 e. The monoisotopic (exact) mass is 460 g/mol. The van der Waals surface area contributed by atoms with Gasteiger partial charge in [-0.25, -0.2) is 8.72 Å². The average Bonchev–Trinajstić information content (AvgIpc) is 2.38. The molecule has 0 aliphatic heterocycles. The van der Waals surface area contributed by atoms with Gasteiger partial charge in [0.05, 0.1) is 0 Å². The average molecular weight is 460 g/mol. The number of hydrogen-bond donors (Lipinski definition) is 0. The zero-order valence-electron chi connectivity index (χ0n) is 9.94. The number of ether oxygens (including phenoxy) is 1. The SMILES string of the molecule is CC[C-](I)C(=O)Oc1ccc2oc(=O)ccc2c1.[Rh]. The second-order valence-corrected chi connectivity index (χ2v) is 4.90. The quantitative estimate of drug-likeness (QED) is 0.177. The van der Waals surface area contributed by atoms with E-state index in [9.17, 15) is 9.59 Å². The molecular formula is C13H10IO4Rh-. The van der Waals surface area contributed by atoms with Gasteiger partial charge in [0.2, 0.25) is 0 Å². The second-order valence-electron chi connectivity index (χ2n) is 3.60. The van der Waals surface area contributed by atoms with Crippen LogP contribution < -0.4 is 10.4 Å². The van der Waals surface area contributed by atoms with E-state index in [-0.39, 0.29) is 25.4 Å². The summed E-state index contributed by atoms with van der Waals surface area (Å²) in [6.45, 7) is 1.89. The summed E-state index contributed by atoms with van der Waals surface area (Å²) in [5.74, 6) is 0.0822. The van der Waals surface area contributed by atoms with E-state index in [0.29, 0.717) is 27.1 Å². The van der Waals surface area contributed by atoms with Gasteiger partial charge in [0.1, 0.15) is 11.3 Å². The van der Waals surface area contributed by atoms with Crippen molar-refractivity contribution in [3.63, 3.8) is 0 Å². The van der Waals surface area contributed by atoms with Crippen LogP contribution in [0.2, 0.25) is 0 Å². The Balaban J connectivity index is 0.00000180. The van der Waals surface area contributed by atoms with Gasteiger partial charge in [0.25, 0.3) is 0 Å². The molecule has 0 amide bonds. The summed E-state index contributed by atoms with van der Waals surface area (Å²) in [6.07, 6.45) is 0.641. The summed E-state index contributed by atoms with van der Waals surface area (Å²) < 4.78 is 10.8. The van der Waals surface area contributed by atoms with Crippen LogP contribution in [0.25, 0.3) is 11.0 Å². The third-order valence-electron chi connectivity index (χ3n) is 2.33. The van der Waals surface area contributed by atoms with Crippen molar-refractivity contribution < 1.29 is 33.4 Å². The molecule has 4 nitrogen and oxygen atoms in total. The number of fused-ring (bicyclic) bond motifs is 1. The van der Waals surface area contributed by atoms with Gasteiger partial charge in [0.15, 0.2) is 5.97 Å². The first kappa shape index (κ1) is 16.2. The van der Waals surface area contributed by atoms with Crippen LogP contribution in [0, 0.1) is 3.92 Å². The minimum atomic E-state index is -0.402. The number of esters is 1. The first-order chi connectivity index (χ1) is 8.60. The van der Waals surface area contributed by atoms with Crippen LogP contribution in [0.4, 0.5) is 0 Å². The molecule has 0 aliphatic carbocycles. The molecule has 1 heterocycles. The van der Waals surface area contributed by atoms with Gasteiger partial charge in [-0.05, 0) is 24.3 Å². The molecule has 6 heteroatoms. The number of carbonyl (C=O) groups excluding carboxylic acids is 1. The summed E-state index contributed by atoms with van der Waals surface area (Å²) in [6, 6.07) is 7.83. The third kappa shape index (κ3) is 4.04. The molecule has 19 heavy (non-hydrogen) atoms. The zero-order chi connectivity index (χ0) is 13.1. The number of carbonyl (C=O) groups is 1. The molecule has 1 aromatic carbocycles. The van der Waals surface area contributed by atoms with E-state index in [2.05, 4.69) is 0 Å². The van der Waals surface area contributed by atoms with E-state index in [1.54, 1.807) is 24.3 Å². The fraction of sp³-hybridized carbons (Fsp3) is 0.154. The number of halogens is 1. The maximum Gasteiger partial charge on any atom is 0.336 e. The van der Waals surface area contributed by atoms with Gasteiger partial charge in [-0.15, -0.1) is 6.42 Å². The molecule has 0 N–H and O–H groups in total. The first-order valence-electron chi connectivity index (χ1n) is 5.37. The normalized spacial score (nSPS) is 9.79. The number of hydrogen-bond acceptors (Lipinski definition) is 4. The van der Waals surface area contributed by atoms with Crippen LogP contribution in [-0.2, 0) is 24.3 Å². The molecule has 0 saturated carbocycles. The molecule has 1 aromatic heterocycles. The van der Waals surface area contributed by atoms with Crippen LogP contribution in [0.5, 0.6) is 5.75 Å². The molecule has 0 unspecified atom stereocenters. The molecule has 0 fully saturated rings. The van der Waals surface area contributed by atoms with E-state index in [1.807, 2.05) is 29.5 Å². The number of rotatable bonds is 3. The van der Waals surface area contributed by atoms with E-state index in [1.165, 1.54) is 6.07 Å². The standard InChI is InChI=1S/C13H10IO4.Rh/c1-2-10(14)13(16)17-9-4-5-11-8(7-9)3-6-12(15)18-11;/h3-7H,2H2,1H3;/q-1;. The summed E-state index contributed by atoms with van der Waals surface area (Å²) in [5, 5.41) is 0.714. The fourth-order valence-corrected chi connectivity index (χ4v) is 1.53. The van der Waals surface area contributed by atoms with E-state index >= 15 is 0 Å². The molecule has 2 rings (SSSR count). The Labute approximate surface area is 136 Å². The van der Waals surface area contributed by atoms with Crippen molar-refractivity contribution >= 4 is 39.5 Å². The van der Waals surface area contributed by atoms with Crippen molar-refractivity contribution in [3.8, 4) is 5.75 Å². The Hall–Kier alpha value is -0.877. The van der Waals surface area contributed by atoms with Crippen molar-refractivity contribution in [2.75, 3.05) is 0 Å². The maximum atomic E-state index is 11.6. The molecule has 0 spiro atoms. The summed E-state index contributed by atoms with van der Waals surface area (Å²) in [5.41, 5.74) is 0.0672. The Kier molecular flexibility index (Phi) is 6.01. The van der Waals surface area contributed by atoms with Crippen LogP contribution in [0.3, 0.4) is 0 Å². The van der Waals surface area contributed by atoms with Gasteiger partial charge in [-0.2, -0.15) is 0 Å². The number of benzene rings is 1. The van der Waals surface area contributed by atoms with E-state index < -0.39 is 5.63 Å². The van der Waals surface area contributed by atoms with Gasteiger partial charge >= 0.3 is 5.63 Å². The summed E-state index contributed by atoms with van der Waals surface area (Å²) >= 11 is 1.96. The molecular weight excluding hydrogens is 450 g/mol. The molecule has 0 saturated heterocycles. The second kappa shape index (κ2) is 7.05. The molecule has 103 valence electrons. The van der Waals surface area contributed by atoms with Crippen molar-refractivity contribution in [1.82, 2.24) is 0 Å². The zero-order valence-corrected chi connectivity index (χ0v) is 13.7. The Morgan fingerprint density at radius 3 is 2.79 bits per heavy atom. The predicted molar refractivity (Wildman–Crippen MR) is 75.7 cm³/mol. The Bertz CT molecular complexity index is 638. The van der Waals surface area contributed by atoms with E-state index in [4.69, 9.17) is 9.15 Å². The van der Waals surface area contributed by atoms with E-state index in [0.717, 1.165) is 0 Å². The van der Waals surface area contributed by atoms with Crippen LogP contribution in [0.1, 0.15) is 13.3 Å². The molecule has 0 bridgehead atoms. The summed E-state index contributed by atoms with van der Waals surface area (Å²) in [7, 11) is 0. The molecule has 2 aromatic rings. The maximum absolute atomic E-state index is 11.6. The van der Waals surface area contributed by atoms with Gasteiger partial charge < -0.3 is 9.15 Å². The van der Waals surface area contributed by atoms with Crippen molar-refractivity contribution in [1.29, 1.82) is 0 Å². The van der Waals surface area contributed by atoms with Gasteiger partial charge in [-0.1, -0.05) is 6.92 Å². The smallest absolute Gasteiger partial charge is 0.336 e. The van der Waals surface area contributed by atoms with Crippen molar-refractivity contribution in [3.05, 3.63) is 44.7 Å². The first-order valence-corrected chi connectivity index (χ1v) is 6.45. The van der Waals surface area contributed by atoms with Crippen LogP contribution in [0.15, 0.2) is 39.5 Å². The molecule has 0 atom stereocenters. The van der Waals surface area contributed by atoms with Crippen molar-refractivity contribution in [2.45, 2.75) is 13.3 Å². The van der Waals surface area contributed by atoms with Crippen molar-refractivity contribution in [2.24, 2.45) is 0 Å².